The van der Waals surface area contributed by atoms with Crippen LogP contribution < -0.4 is 0 Å². The summed E-state index contributed by atoms with van der Waals surface area (Å²) in [6.45, 7) is 5.80. The lowest BCUT2D eigenvalue weighted by Crippen LogP contribution is -2.46. The fourth-order valence-electron chi connectivity index (χ4n) is 3.71. The number of benzene rings is 1. The van der Waals surface area contributed by atoms with Gasteiger partial charge in [-0.3, -0.25) is 4.90 Å². The molecular formula is C17H24I2N2O. The smallest absolute Gasteiger partial charge is 0.133 e. The van der Waals surface area contributed by atoms with E-state index in [9.17, 15) is 5.11 Å². The molecule has 0 saturated carbocycles. The van der Waals surface area contributed by atoms with Crippen LogP contribution in [0.3, 0.4) is 0 Å². The summed E-state index contributed by atoms with van der Waals surface area (Å²) in [6.07, 6.45) is 6.74. The number of aromatic hydroxyl groups is 1. The summed E-state index contributed by atoms with van der Waals surface area (Å²) in [7, 11) is 0. The Bertz CT molecular complexity index is 510. The molecule has 1 N–H and O–H groups in total. The van der Waals surface area contributed by atoms with Crippen molar-refractivity contribution in [3.63, 3.8) is 0 Å². The lowest BCUT2D eigenvalue weighted by atomic mass is 9.99. The molecule has 1 aromatic rings. The number of piperidine rings is 2. The molecule has 3 rings (SSSR count). The first-order valence-electron chi connectivity index (χ1n) is 8.27. The van der Waals surface area contributed by atoms with Crippen LogP contribution in [-0.2, 0) is 6.54 Å². The van der Waals surface area contributed by atoms with Gasteiger partial charge in [-0.15, -0.1) is 0 Å². The molecule has 22 heavy (non-hydrogen) atoms. The van der Waals surface area contributed by atoms with E-state index in [4.69, 9.17) is 0 Å². The summed E-state index contributed by atoms with van der Waals surface area (Å²) in [5.41, 5.74) is 1.08. The average Bonchev–Trinajstić information content (AvgIpc) is 2.54. The number of phenols is 1. The fourth-order valence-corrected chi connectivity index (χ4v) is 5.67. The number of nitrogens with zero attached hydrogens (tertiary/aromatic N) is 2. The molecule has 2 heterocycles. The van der Waals surface area contributed by atoms with Crippen LogP contribution in [0.15, 0.2) is 12.1 Å². The Kier molecular flexibility index (Phi) is 6.25. The third-order valence-electron chi connectivity index (χ3n) is 4.97. The van der Waals surface area contributed by atoms with Crippen LogP contribution in [0.1, 0.15) is 37.7 Å². The molecule has 2 saturated heterocycles. The third-order valence-corrected chi connectivity index (χ3v) is 6.41. The molecule has 0 aliphatic carbocycles. The van der Waals surface area contributed by atoms with Crippen LogP contribution in [0.25, 0.3) is 0 Å². The van der Waals surface area contributed by atoms with Gasteiger partial charge < -0.3 is 10.0 Å². The van der Waals surface area contributed by atoms with E-state index in [1.807, 2.05) is 6.07 Å². The second-order valence-corrected chi connectivity index (χ2v) is 8.91. The Hall–Kier alpha value is 0.400. The Labute approximate surface area is 160 Å². The standard InChI is InChI=1S/C17H24I2N2O/c18-14-10-13(17(22)16(19)11-14)12-20-8-4-15(5-9-20)21-6-2-1-3-7-21/h10-11,15,22H,1-9,12H2. The first-order chi connectivity index (χ1) is 10.6. The van der Waals surface area contributed by atoms with Crippen LogP contribution in [0.5, 0.6) is 5.75 Å². The van der Waals surface area contributed by atoms with E-state index in [1.165, 1.54) is 48.8 Å². The van der Waals surface area contributed by atoms with Gasteiger partial charge in [-0.1, -0.05) is 6.42 Å². The van der Waals surface area contributed by atoms with E-state index in [2.05, 4.69) is 61.0 Å². The normalized spacial score (nSPS) is 22.1. The number of halogens is 2. The SMILES string of the molecule is Oc1c(I)cc(I)cc1CN1CCC(N2CCCCC2)CC1. The van der Waals surface area contributed by atoms with E-state index in [0.717, 1.165) is 34.8 Å². The molecule has 2 aliphatic rings. The molecule has 5 heteroatoms. The van der Waals surface area contributed by atoms with E-state index in [-0.39, 0.29) is 0 Å². The first kappa shape index (κ1) is 17.2. The van der Waals surface area contributed by atoms with Crippen LogP contribution in [0.4, 0.5) is 0 Å². The summed E-state index contributed by atoms with van der Waals surface area (Å²) < 4.78 is 2.17. The molecule has 3 nitrogen and oxygen atoms in total. The average molecular weight is 526 g/mol. The third kappa shape index (κ3) is 4.27. The second kappa shape index (κ2) is 7.98. The minimum absolute atomic E-state index is 0.471. The Morgan fingerprint density at radius 2 is 1.68 bits per heavy atom. The molecule has 0 atom stereocenters. The highest BCUT2D eigenvalue weighted by Gasteiger charge is 2.26. The Morgan fingerprint density at radius 3 is 2.36 bits per heavy atom. The van der Waals surface area contributed by atoms with Crippen molar-refractivity contribution in [2.75, 3.05) is 26.2 Å². The largest absolute Gasteiger partial charge is 0.507 e. The van der Waals surface area contributed by atoms with Crippen molar-refractivity contribution < 1.29 is 5.11 Å². The molecule has 1 aromatic carbocycles. The predicted octanol–water partition coefficient (Wildman–Crippen LogP) is 4.05. The first-order valence-corrected chi connectivity index (χ1v) is 10.4. The zero-order chi connectivity index (χ0) is 15.5. The lowest BCUT2D eigenvalue weighted by molar-refractivity contribution is 0.0893. The maximum atomic E-state index is 10.3. The molecule has 0 bridgehead atoms. The Balaban J connectivity index is 1.56. The monoisotopic (exact) mass is 526 g/mol. The summed E-state index contributed by atoms with van der Waals surface area (Å²) in [4.78, 5) is 5.22. The van der Waals surface area contributed by atoms with Crippen molar-refractivity contribution in [2.24, 2.45) is 0 Å². The van der Waals surface area contributed by atoms with Gasteiger partial charge in [0.1, 0.15) is 5.75 Å². The number of hydrogen-bond acceptors (Lipinski definition) is 3. The van der Waals surface area contributed by atoms with E-state index in [1.54, 1.807) is 0 Å². The molecule has 0 radical (unpaired) electrons. The van der Waals surface area contributed by atoms with Crippen LogP contribution in [0, 0.1) is 7.14 Å². The fraction of sp³-hybridized carbons (Fsp3) is 0.647. The molecule has 122 valence electrons. The van der Waals surface area contributed by atoms with Gasteiger partial charge >= 0.3 is 0 Å². The highest BCUT2D eigenvalue weighted by molar-refractivity contribution is 14.1. The highest BCUT2D eigenvalue weighted by Crippen LogP contribution is 2.29. The van der Waals surface area contributed by atoms with Gasteiger partial charge in [0, 0.05) is 21.7 Å². The van der Waals surface area contributed by atoms with Gasteiger partial charge in [0.05, 0.1) is 3.57 Å². The highest BCUT2D eigenvalue weighted by atomic mass is 127. The van der Waals surface area contributed by atoms with Gasteiger partial charge in [0.25, 0.3) is 0 Å². The zero-order valence-corrected chi connectivity index (χ0v) is 17.2. The maximum Gasteiger partial charge on any atom is 0.133 e. The Morgan fingerprint density at radius 1 is 1.00 bits per heavy atom. The minimum Gasteiger partial charge on any atom is -0.507 e. The van der Waals surface area contributed by atoms with Crippen LogP contribution in [0.2, 0.25) is 0 Å². The summed E-state index contributed by atoms with van der Waals surface area (Å²) in [5.74, 6) is 0.471. The van der Waals surface area contributed by atoms with Crippen LogP contribution >= 0.6 is 45.2 Å². The summed E-state index contributed by atoms with van der Waals surface area (Å²) in [5, 5.41) is 10.3. The number of hydrogen-bond donors (Lipinski definition) is 1. The van der Waals surface area contributed by atoms with Crippen molar-refractivity contribution >= 4 is 45.2 Å². The molecule has 2 fully saturated rings. The van der Waals surface area contributed by atoms with Gasteiger partial charge in [0.15, 0.2) is 0 Å². The van der Waals surface area contributed by atoms with E-state index in [0.29, 0.717) is 5.75 Å². The number of rotatable bonds is 3. The summed E-state index contributed by atoms with van der Waals surface area (Å²) >= 11 is 4.56. The minimum atomic E-state index is 0.471. The predicted molar refractivity (Wildman–Crippen MR) is 107 cm³/mol. The zero-order valence-electron chi connectivity index (χ0n) is 12.9. The molecule has 0 unspecified atom stereocenters. The van der Waals surface area contributed by atoms with Crippen molar-refractivity contribution in [3.8, 4) is 5.75 Å². The van der Waals surface area contributed by atoms with Crippen molar-refractivity contribution in [2.45, 2.75) is 44.7 Å². The van der Waals surface area contributed by atoms with Gasteiger partial charge in [-0.25, -0.2) is 0 Å². The molecule has 0 aromatic heterocycles. The van der Waals surface area contributed by atoms with Crippen molar-refractivity contribution in [1.82, 2.24) is 9.80 Å². The van der Waals surface area contributed by atoms with Crippen LogP contribution in [-0.4, -0.2) is 47.1 Å². The lowest BCUT2D eigenvalue weighted by Gasteiger charge is -2.40. The van der Waals surface area contributed by atoms with E-state index >= 15 is 0 Å². The maximum absolute atomic E-state index is 10.3. The van der Waals surface area contributed by atoms with Crippen molar-refractivity contribution in [3.05, 3.63) is 24.8 Å². The topological polar surface area (TPSA) is 26.7 Å². The number of likely N-dealkylation sites (tertiary alicyclic amines) is 2. The second-order valence-electron chi connectivity index (χ2n) is 6.50. The number of phenolic OH excluding ortho intramolecular Hbond substituents is 1. The van der Waals surface area contributed by atoms with E-state index < -0.39 is 0 Å². The summed E-state index contributed by atoms with van der Waals surface area (Å²) in [6, 6.07) is 4.94. The van der Waals surface area contributed by atoms with Gasteiger partial charge in [0.2, 0.25) is 0 Å². The molecular weight excluding hydrogens is 502 g/mol. The molecule has 0 spiro atoms. The quantitative estimate of drug-likeness (QED) is 0.603. The molecule has 0 amide bonds. The molecule has 2 aliphatic heterocycles. The van der Waals surface area contributed by atoms with Gasteiger partial charge in [-0.05, 0) is 109 Å². The van der Waals surface area contributed by atoms with Gasteiger partial charge in [-0.2, -0.15) is 0 Å². The van der Waals surface area contributed by atoms with Crippen molar-refractivity contribution in [1.29, 1.82) is 0 Å².